The summed E-state index contributed by atoms with van der Waals surface area (Å²) in [4.78, 5) is 14.2. The standard InChI is InChI=1S/C12H9ClN2O3/c1-8-2-3-11(10(6-8)15(16)17)18-9-4-5-14-12(13)7-9/h2-7H,1H3. The molecule has 0 aliphatic heterocycles. The number of ether oxygens (including phenoxy) is 1. The molecule has 0 bridgehead atoms. The monoisotopic (exact) mass is 264 g/mol. The summed E-state index contributed by atoms with van der Waals surface area (Å²) in [7, 11) is 0. The lowest BCUT2D eigenvalue weighted by atomic mass is 10.2. The zero-order valence-electron chi connectivity index (χ0n) is 9.46. The van der Waals surface area contributed by atoms with Crippen molar-refractivity contribution in [2.75, 3.05) is 0 Å². The fourth-order valence-corrected chi connectivity index (χ4v) is 1.60. The predicted octanol–water partition coefficient (Wildman–Crippen LogP) is 3.74. The van der Waals surface area contributed by atoms with Crippen molar-refractivity contribution in [3.8, 4) is 11.5 Å². The van der Waals surface area contributed by atoms with Crippen LogP contribution in [0.1, 0.15) is 5.56 Å². The van der Waals surface area contributed by atoms with E-state index in [-0.39, 0.29) is 16.6 Å². The maximum Gasteiger partial charge on any atom is 0.311 e. The van der Waals surface area contributed by atoms with Gasteiger partial charge in [0.05, 0.1) is 4.92 Å². The second-order valence-electron chi connectivity index (χ2n) is 3.64. The van der Waals surface area contributed by atoms with E-state index in [1.54, 1.807) is 25.1 Å². The maximum atomic E-state index is 10.9. The summed E-state index contributed by atoms with van der Waals surface area (Å²) in [6.07, 6.45) is 1.47. The number of nitrogens with zero attached hydrogens (tertiary/aromatic N) is 2. The summed E-state index contributed by atoms with van der Waals surface area (Å²) in [5, 5.41) is 11.2. The second kappa shape index (κ2) is 5.01. The maximum absolute atomic E-state index is 10.9. The molecule has 92 valence electrons. The Balaban J connectivity index is 2.37. The summed E-state index contributed by atoms with van der Waals surface area (Å²) < 4.78 is 5.44. The third-order valence-electron chi connectivity index (χ3n) is 2.24. The number of halogens is 1. The molecule has 0 saturated carbocycles. The molecule has 0 saturated heterocycles. The first-order valence-electron chi connectivity index (χ1n) is 5.11. The quantitative estimate of drug-likeness (QED) is 0.481. The van der Waals surface area contributed by atoms with E-state index >= 15 is 0 Å². The minimum Gasteiger partial charge on any atom is -0.450 e. The SMILES string of the molecule is Cc1ccc(Oc2ccnc(Cl)c2)c([N+](=O)[O-])c1. The van der Waals surface area contributed by atoms with Gasteiger partial charge in [-0.3, -0.25) is 10.1 Å². The zero-order chi connectivity index (χ0) is 13.1. The van der Waals surface area contributed by atoms with E-state index in [0.717, 1.165) is 5.56 Å². The number of nitro groups is 1. The average molecular weight is 265 g/mol. The highest BCUT2D eigenvalue weighted by atomic mass is 35.5. The Morgan fingerprint density at radius 2 is 2.11 bits per heavy atom. The summed E-state index contributed by atoms with van der Waals surface area (Å²) in [6.45, 7) is 1.78. The predicted molar refractivity (Wildman–Crippen MR) is 67.2 cm³/mol. The molecule has 2 aromatic rings. The van der Waals surface area contributed by atoms with Gasteiger partial charge in [-0.25, -0.2) is 4.98 Å². The lowest BCUT2D eigenvalue weighted by Gasteiger charge is -2.06. The second-order valence-corrected chi connectivity index (χ2v) is 4.03. The molecule has 5 nitrogen and oxygen atoms in total. The molecule has 0 aliphatic carbocycles. The number of nitro benzene ring substituents is 1. The summed E-state index contributed by atoms with van der Waals surface area (Å²) in [5.41, 5.74) is 0.713. The van der Waals surface area contributed by atoms with Crippen molar-refractivity contribution in [2.24, 2.45) is 0 Å². The Hall–Kier alpha value is -2.14. The number of pyridine rings is 1. The largest absolute Gasteiger partial charge is 0.450 e. The van der Waals surface area contributed by atoms with E-state index in [1.165, 1.54) is 18.3 Å². The van der Waals surface area contributed by atoms with Gasteiger partial charge in [-0.05, 0) is 24.6 Å². The van der Waals surface area contributed by atoms with E-state index in [2.05, 4.69) is 4.98 Å². The molecule has 1 heterocycles. The van der Waals surface area contributed by atoms with Crippen LogP contribution in [0.2, 0.25) is 5.15 Å². The molecule has 0 aliphatic rings. The van der Waals surface area contributed by atoms with Crippen molar-refractivity contribution in [2.45, 2.75) is 6.92 Å². The molecule has 0 amide bonds. The third kappa shape index (κ3) is 2.75. The van der Waals surface area contributed by atoms with Gasteiger partial charge in [0.1, 0.15) is 10.9 Å². The van der Waals surface area contributed by atoms with Gasteiger partial charge in [0.2, 0.25) is 5.75 Å². The minimum atomic E-state index is -0.481. The highest BCUT2D eigenvalue weighted by Crippen LogP contribution is 2.32. The molecule has 1 aromatic heterocycles. The number of aromatic nitrogens is 1. The molecule has 0 unspecified atom stereocenters. The Kier molecular flexibility index (Phi) is 3.43. The summed E-state index contributed by atoms with van der Waals surface area (Å²) in [5.74, 6) is 0.579. The molecule has 0 radical (unpaired) electrons. The molecule has 0 atom stereocenters. The molecular formula is C12H9ClN2O3. The van der Waals surface area contributed by atoms with Crippen molar-refractivity contribution in [3.63, 3.8) is 0 Å². The topological polar surface area (TPSA) is 65.3 Å². The molecule has 0 fully saturated rings. The van der Waals surface area contributed by atoms with Gasteiger partial charge in [0, 0.05) is 18.3 Å². The minimum absolute atomic E-state index is 0.0806. The van der Waals surface area contributed by atoms with E-state index in [0.29, 0.717) is 5.75 Å². The number of aryl methyl sites for hydroxylation is 1. The molecule has 1 aromatic carbocycles. The van der Waals surface area contributed by atoms with Gasteiger partial charge in [0.15, 0.2) is 0 Å². The van der Waals surface area contributed by atoms with Crippen LogP contribution >= 0.6 is 11.6 Å². The van der Waals surface area contributed by atoms with Gasteiger partial charge in [-0.15, -0.1) is 0 Å². The van der Waals surface area contributed by atoms with Crippen molar-refractivity contribution >= 4 is 17.3 Å². The Labute approximate surface area is 108 Å². The molecule has 6 heteroatoms. The van der Waals surface area contributed by atoms with E-state index < -0.39 is 4.92 Å². The lowest BCUT2D eigenvalue weighted by molar-refractivity contribution is -0.385. The van der Waals surface area contributed by atoms with Crippen molar-refractivity contribution in [3.05, 3.63) is 57.4 Å². The van der Waals surface area contributed by atoms with Crippen molar-refractivity contribution in [1.82, 2.24) is 4.98 Å². The first-order valence-corrected chi connectivity index (χ1v) is 5.48. The number of rotatable bonds is 3. The lowest BCUT2D eigenvalue weighted by Crippen LogP contribution is -1.94. The van der Waals surface area contributed by atoms with Crippen LogP contribution in [0.4, 0.5) is 5.69 Å². The van der Waals surface area contributed by atoms with Gasteiger partial charge in [0.25, 0.3) is 0 Å². The van der Waals surface area contributed by atoms with Crippen LogP contribution in [0.25, 0.3) is 0 Å². The smallest absolute Gasteiger partial charge is 0.311 e. The Bertz CT molecular complexity index is 602. The van der Waals surface area contributed by atoms with Crippen LogP contribution in [0.3, 0.4) is 0 Å². The van der Waals surface area contributed by atoms with Crippen LogP contribution in [0.15, 0.2) is 36.5 Å². The molecule has 2 rings (SSSR count). The summed E-state index contributed by atoms with van der Waals surface area (Å²) in [6, 6.07) is 7.83. The molecule has 0 N–H and O–H groups in total. The fourth-order valence-electron chi connectivity index (χ4n) is 1.43. The van der Waals surface area contributed by atoms with Crippen LogP contribution in [0, 0.1) is 17.0 Å². The van der Waals surface area contributed by atoms with Crippen LogP contribution in [0.5, 0.6) is 11.5 Å². The molecule has 18 heavy (non-hydrogen) atoms. The number of hydrogen-bond acceptors (Lipinski definition) is 4. The highest BCUT2D eigenvalue weighted by molar-refractivity contribution is 6.29. The van der Waals surface area contributed by atoms with Crippen LogP contribution in [-0.2, 0) is 0 Å². The Morgan fingerprint density at radius 3 is 2.78 bits per heavy atom. The van der Waals surface area contributed by atoms with Gasteiger partial charge in [-0.1, -0.05) is 17.7 Å². The van der Waals surface area contributed by atoms with Crippen LogP contribution < -0.4 is 4.74 Å². The van der Waals surface area contributed by atoms with Crippen LogP contribution in [-0.4, -0.2) is 9.91 Å². The number of hydrogen-bond donors (Lipinski definition) is 0. The first-order chi connectivity index (χ1) is 8.56. The third-order valence-corrected chi connectivity index (χ3v) is 2.44. The highest BCUT2D eigenvalue weighted by Gasteiger charge is 2.15. The zero-order valence-corrected chi connectivity index (χ0v) is 10.2. The fraction of sp³-hybridized carbons (Fsp3) is 0.0833. The van der Waals surface area contributed by atoms with Gasteiger partial charge < -0.3 is 4.74 Å². The molecule has 0 spiro atoms. The van der Waals surface area contributed by atoms with E-state index in [1.807, 2.05) is 0 Å². The van der Waals surface area contributed by atoms with Crippen molar-refractivity contribution < 1.29 is 9.66 Å². The normalized spacial score (nSPS) is 10.1. The Morgan fingerprint density at radius 1 is 1.33 bits per heavy atom. The first kappa shape index (κ1) is 12.3. The average Bonchev–Trinajstić information content (AvgIpc) is 2.31. The van der Waals surface area contributed by atoms with Crippen molar-refractivity contribution in [1.29, 1.82) is 0 Å². The van der Waals surface area contributed by atoms with E-state index in [4.69, 9.17) is 16.3 Å². The molecular weight excluding hydrogens is 256 g/mol. The van der Waals surface area contributed by atoms with E-state index in [9.17, 15) is 10.1 Å². The number of benzene rings is 1. The van der Waals surface area contributed by atoms with Gasteiger partial charge >= 0.3 is 5.69 Å². The van der Waals surface area contributed by atoms with Gasteiger partial charge in [-0.2, -0.15) is 0 Å². The summed E-state index contributed by atoms with van der Waals surface area (Å²) >= 11 is 5.71.